The van der Waals surface area contributed by atoms with Crippen molar-refractivity contribution >= 4 is 28.2 Å². The minimum absolute atomic E-state index is 0.379. The summed E-state index contributed by atoms with van der Waals surface area (Å²) in [5.74, 6) is -0.379. The zero-order valence-electron chi connectivity index (χ0n) is 15.6. The quantitative estimate of drug-likeness (QED) is 0.504. The number of hydrogen-bond acceptors (Lipinski definition) is 6. The van der Waals surface area contributed by atoms with Crippen LogP contribution in [0.2, 0.25) is 0 Å². The summed E-state index contributed by atoms with van der Waals surface area (Å²) in [5.41, 5.74) is 5.04. The van der Waals surface area contributed by atoms with Crippen molar-refractivity contribution in [3.05, 3.63) is 41.0 Å². The summed E-state index contributed by atoms with van der Waals surface area (Å²) in [4.78, 5) is 16.9. The van der Waals surface area contributed by atoms with Crippen molar-refractivity contribution < 1.29 is 9.53 Å². The molecule has 3 aromatic heterocycles. The Hall–Kier alpha value is -3.00. The fraction of sp³-hybridized carbons (Fsp3) is 0.263. The zero-order chi connectivity index (χ0) is 19.1. The Balaban J connectivity index is 1.88. The van der Waals surface area contributed by atoms with Gasteiger partial charge in [0, 0.05) is 29.9 Å². The number of methoxy groups -OCH3 is 1. The molecule has 3 heterocycles. The number of ether oxygens (including phenoxy) is 1. The van der Waals surface area contributed by atoms with Crippen molar-refractivity contribution in [1.82, 2.24) is 24.5 Å². The number of benzene rings is 1. The molecule has 0 saturated heterocycles. The summed E-state index contributed by atoms with van der Waals surface area (Å²) in [5, 5.41) is 12.6. The van der Waals surface area contributed by atoms with E-state index in [1.165, 1.54) is 18.4 Å². The Morgan fingerprint density at radius 1 is 1.30 bits per heavy atom. The average molecular weight is 381 g/mol. The summed E-state index contributed by atoms with van der Waals surface area (Å²) >= 11 is 1.54. The van der Waals surface area contributed by atoms with Crippen LogP contribution in [-0.2, 0) is 18.3 Å². The number of fused-ring (bicyclic) bond motifs is 1. The lowest BCUT2D eigenvalue weighted by atomic mass is 10.1. The van der Waals surface area contributed by atoms with Gasteiger partial charge in [-0.25, -0.2) is 9.78 Å². The van der Waals surface area contributed by atoms with Gasteiger partial charge in [-0.15, -0.1) is 11.3 Å². The standard InChI is InChI=1S/C19H19N5O2S/c1-5-24-17(6-11(2)22-24)15-10-27-18(21-15)13-7-12(19(25)26-4)8-16-14(13)9-20-23(16)3/h6-10H,5H2,1-4H3. The van der Waals surface area contributed by atoms with Crippen LogP contribution in [0.1, 0.15) is 23.0 Å². The van der Waals surface area contributed by atoms with Gasteiger partial charge < -0.3 is 4.74 Å². The fourth-order valence-electron chi connectivity index (χ4n) is 3.17. The van der Waals surface area contributed by atoms with E-state index in [0.717, 1.165) is 45.1 Å². The average Bonchev–Trinajstić information content (AvgIpc) is 3.39. The molecule has 0 spiro atoms. The van der Waals surface area contributed by atoms with Gasteiger partial charge >= 0.3 is 5.97 Å². The minimum atomic E-state index is -0.379. The Kier molecular flexibility index (Phi) is 4.27. The van der Waals surface area contributed by atoms with Crippen molar-refractivity contribution in [2.45, 2.75) is 20.4 Å². The fourth-order valence-corrected chi connectivity index (χ4v) is 4.01. The van der Waals surface area contributed by atoms with E-state index >= 15 is 0 Å². The van der Waals surface area contributed by atoms with Crippen LogP contribution in [0, 0.1) is 6.92 Å². The number of carbonyl (C=O) groups is 1. The van der Waals surface area contributed by atoms with Gasteiger partial charge in [-0.05, 0) is 32.0 Å². The van der Waals surface area contributed by atoms with Crippen LogP contribution in [0.25, 0.3) is 32.9 Å². The van der Waals surface area contributed by atoms with Crippen molar-refractivity contribution in [3.63, 3.8) is 0 Å². The highest BCUT2D eigenvalue weighted by molar-refractivity contribution is 7.13. The third kappa shape index (κ3) is 2.91. The molecule has 0 aliphatic rings. The van der Waals surface area contributed by atoms with Gasteiger partial charge in [0.15, 0.2) is 0 Å². The smallest absolute Gasteiger partial charge is 0.337 e. The van der Waals surface area contributed by atoms with Crippen LogP contribution < -0.4 is 0 Å². The number of esters is 1. The lowest BCUT2D eigenvalue weighted by Gasteiger charge is -2.05. The molecule has 4 aromatic rings. The second-order valence-electron chi connectivity index (χ2n) is 6.24. The van der Waals surface area contributed by atoms with Gasteiger partial charge in [0.25, 0.3) is 0 Å². The zero-order valence-corrected chi connectivity index (χ0v) is 16.4. The Bertz CT molecular complexity index is 1150. The molecular formula is C19H19N5O2S. The Morgan fingerprint density at radius 2 is 2.11 bits per heavy atom. The van der Waals surface area contributed by atoms with Crippen molar-refractivity contribution in [3.8, 4) is 22.0 Å². The summed E-state index contributed by atoms with van der Waals surface area (Å²) in [7, 11) is 3.23. The summed E-state index contributed by atoms with van der Waals surface area (Å²) in [6, 6.07) is 5.65. The maximum absolute atomic E-state index is 12.1. The molecule has 27 heavy (non-hydrogen) atoms. The first kappa shape index (κ1) is 17.4. The van der Waals surface area contributed by atoms with Crippen LogP contribution in [0.15, 0.2) is 29.8 Å². The number of aryl methyl sites for hydroxylation is 3. The van der Waals surface area contributed by atoms with E-state index in [-0.39, 0.29) is 5.97 Å². The van der Waals surface area contributed by atoms with E-state index in [9.17, 15) is 4.79 Å². The number of rotatable bonds is 4. The van der Waals surface area contributed by atoms with Gasteiger partial charge in [-0.2, -0.15) is 10.2 Å². The molecule has 0 aliphatic carbocycles. The molecule has 138 valence electrons. The predicted octanol–water partition coefficient (Wildman–Crippen LogP) is 3.68. The molecule has 0 aliphatic heterocycles. The van der Waals surface area contributed by atoms with Gasteiger partial charge in [0.1, 0.15) is 5.01 Å². The van der Waals surface area contributed by atoms with E-state index in [1.54, 1.807) is 16.9 Å². The van der Waals surface area contributed by atoms with Crippen molar-refractivity contribution in [1.29, 1.82) is 0 Å². The highest BCUT2D eigenvalue weighted by atomic mass is 32.1. The lowest BCUT2D eigenvalue weighted by Crippen LogP contribution is -2.02. The Labute approximate surface area is 160 Å². The van der Waals surface area contributed by atoms with E-state index in [4.69, 9.17) is 9.72 Å². The van der Waals surface area contributed by atoms with Gasteiger partial charge in [-0.1, -0.05) is 0 Å². The molecule has 0 saturated carbocycles. The number of carbonyl (C=O) groups excluding carboxylic acids is 1. The summed E-state index contributed by atoms with van der Waals surface area (Å²) < 4.78 is 8.59. The first-order chi connectivity index (χ1) is 13.0. The molecule has 0 atom stereocenters. The van der Waals surface area contributed by atoms with Crippen LogP contribution in [-0.4, -0.2) is 37.6 Å². The number of thiazole rings is 1. The molecular weight excluding hydrogens is 362 g/mol. The minimum Gasteiger partial charge on any atom is -0.465 e. The summed E-state index contributed by atoms with van der Waals surface area (Å²) in [6.45, 7) is 4.81. The third-order valence-corrected chi connectivity index (χ3v) is 5.36. The first-order valence-electron chi connectivity index (χ1n) is 8.56. The number of hydrogen-bond donors (Lipinski definition) is 0. The summed E-state index contributed by atoms with van der Waals surface area (Å²) in [6.07, 6.45) is 1.80. The van der Waals surface area contributed by atoms with Crippen LogP contribution in [0.3, 0.4) is 0 Å². The van der Waals surface area contributed by atoms with Crippen molar-refractivity contribution in [2.24, 2.45) is 7.05 Å². The SMILES string of the molecule is CCn1nc(C)cc1-c1csc(-c2cc(C(=O)OC)cc3c2cnn3C)n1. The molecule has 1 aromatic carbocycles. The second-order valence-corrected chi connectivity index (χ2v) is 7.10. The van der Waals surface area contributed by atoms with E-state index < -0.39 is 0 Å². The molecule has 0 unspecified atom stereocenters. The molecule has 0 amide bonds. The largest absolute Gasteiger partial charge is 0.465 e. The molecule has 0 bridgehead atoms. The van der Waals surface area contributed by atoms with Gasteiger partial charge in [0.2, 0.25) is 0 Å². The van der Waals surface area contributed by atoms with Crippen molar-refractivity contribution in [2.75, 3.05) is 7.11 Å². The molecule has 0 N–H and O–H groups in total. The maximum Gasteiger partial charge on any atom is 0.337 e. The molecule has 8 heteroatoms. The van der Waals surface area contributed by atoms with Gasteiger partial charge in [0.05, 0.1) is 41.5 Å². The van der Waals surface area contributed by atoms with E-state index in [2.05, 4.69) is 17.1 Å². The molecule has 0 fully saturated rings. The normalized spacial score (nSPS) is 11.3. The number of nitrogens with zero attached hydrogens (tertiary/aromatic N) is 5. The lowest BCUT2D eigenvalue weighted by molar-refractivity contribution is 0.0601. The second kappa shape index (κ2) is 6.62. The number of aromatic nitrogens is 5. The molecule has 4 rings (SSSR count). The first-order valence-corrected chi connectivity index (χ1v) is 9.44. The monoisotopic (exact) mass is 381 g/mol. The molecule has 0 radical (unpaired) electrons. The van der Waals surface area contributed by atoms with E-state index in [1.807, 2.05) is 36.2 Å². The predicted molar refractivity (Wildman–Crippen MR) is 105 cm³/mol. The van der Waals surface area contributed by atoms with Crippen LogP contribution in [0.4, 0.5) is 0 Å². The molecule has 7 nitrogen and oxygen atoms in total. The maximum atomic E-state index is 12.1. The third-order valence-electron chi connectivity index (χ3n) is 4.49. The van der Waals surface area contributed by atoms with Crippen LogP contribution >= 0.6 is 11.3 Å². The van der Waals surface area contributed by atoms with Crippen LogP contribution in [0.5, 0.6) is 0 Å². The highest BCUT2D eigenvalue weighted by Crippen LogP contribution is 2.34. The Morgan fingerprint density at radius 3 is 2.85 bits per heavy atom. The topological polar surface area (TPSA) is 74.8 Å². The highest BCUT2D eigenvalue weighted by Gasteiger charge is 2.18. The van der Waals surface area contributed by atoms with E-state index in [0.29, 0.717) is 5.56 Å². The van der Waals surface area contributed by atoms with Gasteiger partial charge in [-0.3, -0.25) is 9.36 Å².